The van der Waals surface area contributed by atoms with Gasteiger partial charge in [-0.05, 0) is 54.6 Å². The number of anilines is 1. The molecule has 2 aromatic carbocycles. The molecule has 4 rings (SSSR count). The highest BCUT2D eigenvalue weighted by molar-refractivity contribution is 5.94. The Kier molecular flexibility index (Phi) is 7.06. The number of carbonyl (C=O) groups is 1. The van der Waals surface area contributed by atoms with E-state index in [4.69, 9.17) is 19.4 Å². The van der Waals surface area contributed by atoms with E-state index in [0.29, 0.717) is 24.6 Å². The Morgan fingerprint density at radius 1 is 1.00 bits per heavy atom. The lowest BCUT2D eigenvalue weighted by atomic mass is 10.0. The minimum Gasteiger partial charge on any atom is -0.490 e. The van der Waals surface area contributed by atoms with Crippen molar-refractivity contribution in [1.29, 1.82) is 0 Å². The maximum absolute atomic E-state index is 10.7. The van der Waals surface area contributed by atoms with E-state index >= 15 is 0 Å². The second-order valence-electron chi connectivity index (χ2n) is 7.37. The maximum Gasteiger partial charge on any atom is 0.293 e. The number of nitrogens with zero attached hydrogens (tertiary/aromatic N) is 3. The Balaban J connectivity index is 1.62. The molecule has 0 radical (unpaired) electrons. The summed E-state index contributed by atoms with van der Waals surface area (Å²) >= 11 is 0. The highest BCUT2D eigenvalue weighted by Crippen LogP contribution is 2.30. The van der Waals surface area contributed by atoms with Crippen LogP contribution in [-0.4, -0.2) is 54.8 Å². The topological polar surface area (TPSA) is 98.3 Å². The molecule has 0 aliphatic rings. The number of rotatable bonds is 10. The van der Waals surface area contributed by atoms with Gasteiger partial charge in [0.1, 0.15) is 24.3 Å². The summed E-state index contributed by atoms with van der Waals surface area (Å²) in [6.07, 6.45) is 3.12. The number of nitrogens with one attached hydrogen (secondary N) is 2. The summed E-state index contributed by atoms with van der Waals surface area (Å²) in [5, 5.41) is 7.08. The van der Waals surface area contributed by atoms with Gasteiger partial charge in [-0.15, -0.1) is 0 Å². The van der Waals surface area contributed by atoms with Crippen LogP contribution in [0.5, 0.6) is 5.75 Å². The summed E-state index contributed by atoms with van der Waals surface area (Å²) in [4.78, 5) is 24.3. The summed E-state index contributed by atoms with van der Waals surface area (Å²) in [5.74, 6) is 2.06. The molecule has 0 aliphatic carbocycles. The average Bonchev–Trinajstić information content (AvgIpc) is 2.87. The van der Waals surface area contributed by atoms with E-state index in [1.54, 1.807) is 19.4 Å². The molecule has 0 saturated carbocycles. The number of hydrogen-bond acceptors (Lipinski definition) is 8. The molecule has 0 amide bonds. The molecule has 1 atom stereocenters. The van der Waals surface area contributed by atoms with Crippen LogP contribution in [0.2, 0.25) is 0 Å². The van der Waals surface area contributed by atoms with Gasteiger partial charge in [0, 0.05) is 36.9 Å². The number of pyridine rings is 1. The van der Waals surface area contributed by atoms with Gasteiger partial charge in [0.2, 0.25) is 0 Å². The van der Waals surface area contributed by atoms with Gasteiger partial charge in [-0.1, -0.05) is 18.2 Å². The molecule has 0 bridgehead atoms. The Morgan fingerprint density at radius 3 is 2.61 bits per heavy atom. The van der Waals surface area contributed by atoms with Gasteiger partial charge in [-0.3, -0.25) is 9.78 Å². The third-order valence-corrected chi connectivity index (χ3v) is 5.14. The van der Waals surface area contributed by atoms with Gasteiger partial charge in [0.15, 0.2) is 5.82 Å². The molecular formula is C25H25N5O3. The van der Waals surface area contributed by atoms with Crippen LogP contribution in [0.3, 0.4) is 0 Å². The first-order chi connectivity index (χ1) is 16.2. The van der Waals surface area contributed by atoms with Crippen molar-refractivity contribution in [2.24, 2.45) is 0 Å². The van der Waals surface area contributed by atoms with Crippen molar-refractivity contribution in [3.05, 3.63) is 67.0 Å². The molecule has 8 heteroatoms. The van der Waals surface area contributed by atoms with E-state index in [-0.39, 0.29) is 12.7 Å². The van der Waals surface area contributed by atoms with Gasteiger partial charge in [-0.25, -0.2) is 9.97 Å². The van der Waals surface area contributed by atoms with Gasteiger partial charge in [0.05, 0.1) is 5.52 Å². The molecule has 8 nitrogen and oxygen atoms in total. The first kappa shape index (κ1) is 22.2. The molecule has 4 aromatic rings. The zero-order valence-electron chi connectivity index (χ0n) is 18.5. The molecule has 2 heterocycles. The van der Waals surface area contributed by atoms with Crippen molar-refractivity contribution >= 4 is 23.2 Å². The normalized spacial score (nSPS) is 11.7. The van der Waals surface area contributed by atoms with E-state index in [0.717, 1.165) is 33.4 Å². The Labute approximate surface area is 192 Å². The minimum atomic E-state index is -0.360. The van der Waals surface area contributed by atoms with Crippen molar-refractivity contribution in [2.75, 3.05) is 32.6 Å². The van der Waals surface area contributed by atoms with E-state index in [1.165, 1.54) is 0 Å². The maximum atomic E-state index is 10.7. The second-order valence-corrected chi connectivity index (χ2v) is 7.37. The van der Waals surface area contributed by atoms with E-state index in [2.05, 4.69) is 21.7 Å². The number of fused-ring (bicyclic) bond motifs is 1. The predicted octanol–water partition coefficient (Wildman–Crippen LogP) is 3.54. The molecule has 33 heavy (non-hydrogen) atoms. The van der Waals surface area contributed by atoms with Crippen molar-refractivity contribution in [3.8, 4) is 28.3 Å². The lowest BCUT2D eigenvalue weighted by Crippen LogP contribution is -2.31. The lowest BCUT2D eigenvalue weighted by Gasteiger charge is -2.16. The molecule has 0 fully saturated rings. The van der Waals surface area contributed by atoms with Crippen molar-refractivity contribution in [2.45, 2.75) is 6.10 Å². The van der Waals surface area contributed by atoms with Gasteiger partial charge in [-0.2, -0.15) is 0 Å². The first-order valence-electron chi connectivity index (χ1n) is 10.6. The van der Waals surface area contributed by atoms with Crippen LogP contribution in [0.1, 0.15) is 0 Å². The molecule has 168 valence electrons. The average molecular weight is 444 g/mol. The standard InChI is InChI=1S/C25H25N5O3/c1-26-14-21(33-16-31)15-32-20-7-3-5-17(11-20)18-8-9-23-22(12-18)25(27-2)30-24(29-23)19-6-4-10-28-13-19/h3-13,16,21,26H,14-15H2,1-2H3,(H,27,29,30). The summed E-state index contributed by atoms with van der Waals surface area (Å²) < 4.78 is 10.9. The number of benzene rings is 2. The van der Waals surface area contributed by atoms with Gasteiger partial charge >= 0.3 is 0 Å². The minimum absolute atomic E-state index is 0.260. The number of hydrogen-bond donors (Lipinski definition) is 2. The zero-order chi connectivity index (χ0) is 23.0. The summed E-state index contributed by atoms with van der Waals surface area (Å²) in [6, 6.07) is 17.7. The lowest BCUT2D eigenvalue weighted by molar-refractivity contribution is -0.134. The Morgan fingerprint density at radius 2 is 1.85 bits per heavy atom. The third-order valence-electron chi connectivity index (χ3n) is 5.14. The monoisotopic (exact) mass is 443 g/mol. The van der Waals surface area contributed by atoms with Crippen LogP contribution in [0, 0.1) is 0 Å². The predicted molar refractivity (Wildman–Crippen MR) is 128 cm³/mol. The number of likely N-dealkylation sites (N-methyl/N-ethyl adjacent to an activating group) is 1. The van der Waals surface area contributed by atoms with Crippen molar-refractivity contribution in [1.82, 2.24) is 20.3 Å². The summed E-state index contributed by atoms with van der Waals surface area (Å²) in [5.41, 5.74) is 3.71. The molecule has 2 aromatic heterocycles. The highest BCUT2D eigenvalue weighted by Gasteiger charge is 2.12. The van der Waals surface area contributed by atoms with Gasteiger partial charge < -0.3 is 20.1 Å². The molecule has 1 unspecified atom stereocenters. The Bertz CT molecular complexity index is 1230. The smallest absolute Gasteiger partial charge is 0.293 e. The fraction of sp³-hybridized carbons (Fsp3) is 0.200. The molecular weight excluding hydrogens is 418 g/mol. The molecule has 0 aliphatic heterocycles. The summed E-state index contributed by atoms with van der Waals surface area (Å²) in [6.45, 7) is 1.21. The number of ether oxygens (including phenoxy) is 2. The van der Waals surface area contributed by atoms with Crippen LogP contribution >= 0.6 is 0 Å². The fourth-order valence-corrected chi connectivity index (χ4v) is 3.53. The van der Waals surface area contributed by atoms with Crippen LogP contribution < -0.4 is 15.4 Å². The molecule has 0 spiro atoms. The number of carbonyl (C=O) groups excluding carboxylic acids is 1. The van der Waals surface area contributed by atoms with Crippen LogP contribution in [-0.2, 0) is 9.53 Å². The Hall–Kier alpha value is -4.04. The second kappa shape index (κ2) is 10.5. The van der Waals surface area contributed by atoms with Gasteiger partial charge in [0.25, 0.3) is 6.47 Å². The largest absolute Gasteiger partial charge is 0.490 e. The zero-order valence-corrected chi connectivity index (χ0v) is 18.5. The number of aromatic nitrogens is 3. The molecule has 0 saturated heterocycles. The van der Waals surface area contributed by atoms with Crippen LogP contribution in [0.25, 0.3) is 33.4 Å². The third kappa shape index (κ3) is 5.24. The first-order valence-corrected chi connectivity index (χ1v) is 10.6. The van der Waals surface area contributed by atoms with Crippen molar-refractivity contribution in [3.63, 3.8) is 0 Å². The quantitative estimate of drug-likeness (QED) is 0.359. The SMILES string of the molecule is CNCC(COc1cccc(-c2ccc3nc(-c4cccnc4)nc(NC)c3c2)c1)OC=O. The van der Waals surface area contributed by atoms with E-state index in [1.807, 2.05) is 55.6 Å². The van der Waals surface area contributed by atoms with Crippen LogP contribution in [0.4, 0.5) is 5.82 Å². The van der Waals surface area contributed by atoms with E-state index < -0.39 is 0 Å². The van der Waals surface area contributed by atoms with Crippen molar-refractivity contribution < 1.29 is 14.3 Å². The highest BCUT2D eigenvalue weighted by atomic mass is 16.6. The fourth-order valence-electron chi connectivity index (χ4n) is 3.53. The summed E-state index contributed by atoms with van der Waals surface area (Å²) in [7, 11) is 3.64. The van der Waals surface area contributed by atoms with E-state index in [9.17, 15) is 4.79 Å². The molecule has 2 N–H and O–H groups in total. The van der Waals surface area contributed by atoms with Crippen LogP contribution in [0.15, 0.2) is 67.0 Å².